The molecule has 2 unspecified atom stereocenters. The van der Waals surface area contributed by atoms with Gasteiger partial charge >= 0.3 is 0 Å². The van der Waals surface area contributed by atoms with E-state index in [0.717, 1.165) is 23.9 Å². The van der Waals surface area contributed by atoms with Gasteiger partial charge in [0.1, 0.15) is 5.69 Å². The number of aromatic nitrogens is 1. The van der Waals surface area contributed by atoms with Gasteiger partial charge in [-0.1, -0.05) is 36.4 Å². The zero-order valence-corrected chi connectivity index (χ0v) is 15.0. The SMILES string of the molecule is Cc1ccc2cc(C(=O)N3CC(c4ccccc4C)CC3C)[nH]c2c1. The zero-order chi connectivity index (χ0) is 17.6. The number of nitrogens with one attached hydrogen (secondary N) is 1. The molecule has 3 nitrogen and oxygen atoms in total. The minimum absolute atomic E-state index is 0.109. The molecule has 0 aliphatic carbocycles. The first-order valence-corrected chi connectivity index (χ1v) is 8.99. The molecule has 25 heavy (non-hydrogen) atoms. The largest absolute Gasteiger partial charge is 0.351 e. The van der Waals surface area contributed by atoms with Crippen molar-refractivity contribution < 1.29 is 4.79 Å². The fourth-order valence-electron chi connectivity index (χ4n) is 4.09. The Labute approximate surface area is 148 Å². The highest BCUT2D eigenvalue weighted by atomic mass is 16.2. The second-order valence-electron chi connectivity index (χ2n) is 7.37. The number of amides is 1. The minimum Gasteiger partial charge on any atom is -0.351 e. The lowest BCUT2D eigenvalue weighted by Crippen LogP contribution is -2.34. The summed E-state index contributed by atoms with van der Waals surface area (Å²) in [5, 5.41) is 1.09. The molecule has 0 bridgehead atoms. The first-order chi connectivity index (χ1) is 12.0. The van der Waals surface area contributed by atoms with E-state index in [2.05, 4.69) is 68.2 Å². The van der Waals surface area contributed by atoms with Gasteiger partial charge in [-0.3, -0.25) is 4.79 Å². The van der Waals surface area contributed by atoms with E-state index < -0.39 is 0 Å². The van der Waals surface area contributed by atoms with Gasteiger partial charge in [0.25, 0.3) is 5.91 Å². The van der Waals surface area contributed by atoms with E-state index in [1.165, 1.54) is 16.7 Å². The molecule has 1 fully saturated rings. The molecule has 0 spiro atoms. The molecule has 1 aromatic heterocycles. The van der Waals surface area contributed by atoms with Crippen molar-refractivity contribution >= 4 is 16.8 Å². The first-order valence-electron chi connectivity index (χ1n) is 8.99. The predicted octanol–water partition coefficient (Wildman–Crippen LogP) is 4.80. The van der Waals surface area contributed by atoms with E-state index in [1.54, 1.807) is 0 Å². The number of aromatic amines is 1. The van der Waals surface area contributed by atoms with Gasteiger partial charge in [-0.25, -0.2) is 0 Å². The molecule has 2 aromatic carbocycles. The van der Waals surface area contributed by atoms with Crippen molar-refractivity contribution in [2.24, 2.45) is 0 Å². The maximum Gasteiger partial charge on any atom is 0.270 e. The smallest absolute Gasteiger partial charge is 0.270 e. The van der Waals surface area contributed by atoms with Gasteiger partial charge < -0.3 is 9.88 Å². The molecule has 128 valence electrons. The number of carbonyl (C=O) groups is 1. The van der Waals surface area contributed by atoms with Crippen LogP contribution in [0.4, 0.5) is 0 Å². The number of aryl methyl sites for hydroxylation is 2. The summed E-state index contributed by atoms with van der Waals surface area (Å²) in [5.74, 6) is 0.532. The Kier molecular flexibility index (Phi) is 3.87. The van der Waals surface area contributed by atoms with Crippen molar-refractivity contribution in [2.45, 2.75) is 39.2 Å². The molecule has 0 radical (unpaired) electrons. The summed E-state index contributed by atoms with van der Waals surface area (Å²) in [7, 11) is 0. The Morgan fingerprint density at radius 2 is 1.92 bits per heavy atom. The molecule has 1 amide bonds. The molecule has 3 heteroatoms. The number of likely N-dealkylation sites (tertiary alicyclic amines) is 1. The number of fused-ring (bicyclic) bond motifs is 1. The van der Waals surface area contributed by atoms with Crippen LogP contribution in [0.5, 0.6) is 0 Å². The van der Waals surface area contributed by atoms with Crippen LogP contribution in [0.1, 0.15) is 46.4 Å². The van der Waals surface area contributed by atoms with E-state index in [1.807, 2.05) is 11.0 Å². The Bertz CT molecular complexity index is 940. The summed E-state index contributed by atoms with van der Waals surface area (Å²) in [6.45, 7) is 7.17. The standard InChI is InChI=1S/C22H24N2O/c1-14-8-9-17-12-21(23-20(17)10-14)22(25)24-13-18(11-16(24)3)19-7-5-4-6-15(19)2/h4-10,12,16,18,23H,11,13H2,1-3H3. The molecule has 4 rings (SSSR count). The second-order valence-corrected chi connectivity index (χ2v) is 7.37. The number of benzene rings is 2. The second kappa shape index (κ2) is 6.07. The van der Waals surface area contributed by atoms with Crippen molar-refractivity contribution in [3.05, 3.63) is 70.9 Å². The van der Waals surface area contributed by atoms with Crippen LogP contribution >= 0.6 is 0 Å². The highest BCUT2D eigenvalue weighted by Gasteiger charge is 2.34. The monoisotopic (exact) mass is 332 g/mol. The number of hydrogen-bond acceptors (Lipinski definition) is 1. The highest BCUT2D eigenvalue weighted by molar-refractivity contribution is 5.98. The van der Waals surface area contributed by atoms with Crippen LogP contribution in [0.3, 0.4) is 0 Å². The highest BCUT2D eigenvalue weighted by Crippen LogP contribution is 2.34. The average Bonchev–Trinajstić information content (AvgIpc) is 3.18. The quantitative estimate of drug-likeness (QED) is 0.719. The van der Waals surface area contributed by atoms with Crippen LogP contribution < -0.4 is 0 Å². The van der Waals surface area contributed by atoms with Crippen LogP contribution in [-0.2, 0) is 0 Å². The van der Waals surface area contributed by atoms with Crippen LogP contribution in [0.15, 0.2) is 48.5 Å². The summed E-state index contributed by atoms with van der Waals surface area (Å²) in [6.07, 6.45) is 1.02. The van der Waals surface area contributed by atoms with Crippen molar-refractivity contribution in [3.8, 4) is 0 Å². The van der Waals surface area contributed by atoms with E-state index in [0.29, 0.717) is 11.6 Å². The van der Waals surface area contributed by atoms with E-state index in [-0.39, 0.29) is 11.9 Å². The van der Waals surface area contributed by atoms with Crippen molar-refractivity contribution in [2.75, 3.05) is 6.54 Å². The molecule has 2 atom stereocenters. The van der Waals surface area contributed by atoms with E-state index >= 15 is 0 Å². The van der Waals surface area contributed by atoms with Gasteiger partial charge in [0.15, 0.2) is 0 Å². The third-order valence-corrected chi connectivity index (χ3v) is 5.47. The number of rotatable bonds is 2. The molecule has 1 aliphatic rings. The molecule has 1 aliphatic heterocycles. The normalized spacial score (nSPS) is 20.4. The summed E-state index contributed by atoms with van der Waals surface area (Å²) in [5.41, 5.74) is 5.61. The first kappa shape index (κ1) is 15.9. The van der Waals surface area contributed by atoms with Crippen LogP contribution in [0.25, 0.3) is 10.9 Å². The van der Waals surface area contributed by atoms with Crippen molar-refractivity contribution in [3.63, 3.8) is 0 Å². The van der Waals surface area contributed by atoms with E-state index in [9.17, 15) is 4.79 Å². The zero-order valence-electron chi connectivity index (χ0n) is 15.0. The van der Waals surface area contributed by atoms with Crippen LogP contribution in [-0.4, -0.2) is 28.4 Å². The Hall–Kier alpha value is -2.55. The molecule has 2 heterocycles. The summed E-state index contributed by atoms with van der Waals surface area (Å²) in [4.78, 5) is 18.4. The van der Waals surface area contributed by atoms with Crippen molar-refractivity contribution in [1.29, 1.82) is 0 Å². The maximum atomic E-state index is 13.1. The van der Waals surface area contributed by atoms with Gasteiger partial charge in [-0.05, 0) is 56.0 Å². The van der Waals surface area contributed by atoms with Gasteiger partial charge in [0, 0.05) is 29.4 Å². The van der Waals surface area contributed by atoms with Crippen LogP contribution in [0, 0.1) is 13.8 Å². The Balaban J connectivity index is 1.60. The number of H-pyrrole nitrogens is 1. The molecule has 1 N–H and O–H groups in total. The molecular formula is C22H24N2O. The topological polar surface area (TPSA) is 36.1 Å². The lowest BCUT2D eigenvalue weighted by molar-refractivity contribution is 0.0741. The van der Waals surface area contributed by atoms with Gasteiger partial charge in [-0.2, -0.15) is 0 Å². The fourth-order valence-corrected chi connectivity index (χ4v) is 4.09. The minimum atomic E-state index is 0.109. The molecule has 1 saturated heterocycles. The molecular weight excluding hydrogens is 308 g/mol. The molecule has 3 aromatic rings. The maximum absolute atomic E-state index is 13.1. The van der Waals surface area contributed by atoms with Gasteiger partial charge in [-0.15, -0.1) is 0 Å². The summed E-state index contributed by atoms with van der Waals surface area (Å²) in [6, 6.07) is 17.0. The molecule has 0 saturated carbocycles. The van der Waals surface area contributed by atoms with Crippen molar-refractivity contribution in [1.82, 2.24) is 9.88 Å². The lowest BCUT2D eigenvalue weighted by Gasteiger charge is -2.20. The average molecular weight is 332 g/mol. The summed E-state index contributed by atoms with van der Waals surface area (Å²) >= 11 is 0. The lowest BCUT2D eigenvalue weighted by atomic mass is 9.93. The number of carbonyl (C=O) groups excluding carboxylic acids is 1. The fraction of sp³-hybridized carbons (Fsp3) is 0.318. The van der Waals surface area contributed by atoms with Gasteiger partial charge in [0.2, 0.25) is 0 Å². The summed E-state index contributed by atoms with van der Waals surface area (Å²) < 4.78 is 0. The third-order valence-electron chi connectivity index (χ3n) is 5.47. The Morgan fingerprint density at radius 1 is 1.12 bits per heavy atom. The Morgan fingerprint density at radius 3 is 2.72 bits per heavy atom. The van der Waals surface area contributed by atoms with Crippen LogP contribution in [0.2, 0.25) is 0 Å². The van der Waals surface area contributed by atoms with Gasteiger partial charge in [0.05, 0.1) is 0 Å². The number of nitrogens with zero attached hydrogens (tertiary/aromatic N) is 1. The predicted molar refractivity (Wildman–Crippen MR) is 102 cm³/mol. The number of hydrogen-bond donors (Lipinski definition) is 1. The van der Waals surface area contributed by atoms with E-state index in [4.69, 9.17) is 0 Å². The third kappa shape index (κ3) is 2.84.